The van der Waals surface area contributed by atoms with Crippen LogP contribution in [0.3, 0.4) is 0 Å². The van der Waals surface area contributed by atoms with Crippen LogP contribution >= 0.6 is 12.2 Å². The van der Waals surface area contributed by atoms with Crippen LogP contribution < -0.4 is 4.74 Å². The lowest BCUT2D eigenvalue weighted by molar-refractivity contribution is 0.0522. The second-order valence-electron chi connectivity index (χ2n) is 3.75. The first-order valence-electron chi connectivity index (χ1n) is 5.48. The predicted molar refractivity (Wildman–Crippen MR) is 69.4 cm³/mol. The van der Waals surface area contributed by atoms with Gasteiger partial charge in [0.1, 0.15) is 11.3 Å². The van der Waals surface area contributed by atoms with E-state index in [2.05, 4.69) is 10.2 Å². The molecule has 0 aliphatic carbocycles. The van der Waals surface area contributed by atoms with Gasteiger partial charge in [-0.1, -0.05) is 6.07 Å². The van der Waals surface area contributed by atoms with Gasteiger partial charge < -0.3 is 18.3 Å². The van der Waals surface area contributed by atoms with Crippen molar-refractivity contribution >= 4 is 23.2 Å². The first-order chi connectivity index (χ1) is 9.28. The van der Waals surface area contributed by atoms with Gasteiger partial charge in [0.25, 0.3) is 10.7 Å². The topological polar surface area (TPSA) is 73.4 Å². The van der Waals surface area contributed by atoms with Crippen LogP contribution in [0.5, 0.6) is 5.75 Å². The third-order valence-electron chi connectivity index (χ3n) is 2.50. The van der Waals surface area contributed by atoms with Crippen molar-refractivity contribution in [1.29, 1.82) is 0 Å². The lowest BCUT2D eigenvalue weighted by atomic mass is 10.2. The van der Waals surface area contributed by atoms with Crippen LogP contribution in [-0.2, 0) is 4.74 Å². The van der Waals surface area contributed by atoms with E-state index in [4.69, 9.17) is 30.5 Å². The van der Waals surface area contributed by atoms with E-state index >= 15 is 0 Å². The fourth-order valence-electron chi connectivity index (χ4n) is 1.72. The maximum Gasteiger partial charge on any atom is 0.284 e. The van der Waals surface area contributed by atoms with Gasteiger partial charge in [-0.05, 0) is 24.4 Å². The molecule has 3 rings (SSSR count). The summed E-state index contributed by atoms with van der Waals surface area (Å²) >= 11 is 4.83. The highest BCUT2D eigenvalue weighted by molar-refractivity contribution is 7.71. The summed E-state index contributed by atoms with van der Waals surface area (Å²) in [5, 5.41) is 7.28. The molecule has 0 fully saturated rings. The molecule has 0 aliphatic heterocycles. The van der Waals surface area contributed by atoms with E-state index in [0.717, 1.165) is 5.39 Å². The minimum absolute atomic E-state index is 0.169. The van der Waals surface area contributed by atoms with Crippen LogP contribution in [0.2, 0.25) is 0 Å². The Balaban J connectivity index is 2.07. The normalized spacial score (nSPS) is 11.0. The monoisotopic (exact) mass is 278 g/mol. The molecule has 0 radical (unpaired) electrons. The molecule has 0 bridgehead atoms. The molecule has 0 aliphatic rings. The molecule has 0 amide bonds. The summed E-state index contributed by atoms with van der Waals surface area (Å²) in [6.45, 7) is 0.169. The first-order valence-corrected chi connectivity index (χ1v) is 5.89. The van der Waals surface area contributed by atoms with Crippen LogP contribution in [0.15, 0.2) is 33.1 Å². The number of H-pyrrole nitrogens is 1. The van der Waals surface area contributed by atoms with Gasteiger partial charge in [0.05, 0.1) is 5.39 Å². The molecule has 2 aromatic heterocycles. The zero-order chi connectivity index (χ0) is 13.2. The summed E-state index contributed by atoms with van der Waals surface area (Å²) in [7, 11) is 1.56. The molecule has 2 heterocycles. The van der Waals surface area contributed by atoms with Crippen LogP contribution in [0.1, 0.15) is 0 Å². The zero-order valence-corrected chi connectivity index (χ0v) is 10.8. The highest BCUT2D eigenvalue weighted by atomic mass is 32.1. The predicted octanol–water partition coefficient (Wildman–Crippen LogP) is 3.13. The Morgan fingerprint density at radius 1 is 1.37 bits per heavy atom. The van der Waals surface area contributed by atoms with Gasteiger partial charge in [0, 0.05) is 13.2 Å². The molecule has 1 aromatic carbocycles. The van der Waals surface area contributed by atoms with Crippen molar-refractivity contribution in [1.82, 2.24) is 10.2 Å². The van der Waals surface area contributed by atoms with Crippen molar-refractivity contribution in [3.63, 3.8) is 0 Å². The summed E-state index contributed by atoms with van der Waals surface area (Å²) in [6, 6.07) is 7.29. The molecule has 0 atom stereocenters. The van der Waals surface area contributed by atoms with Gasteiger partial charge in [0.2, 0.25) is 0 Å². The molecular weight excluding hydrogens is 268 g/mol. The average Bonchev–Trinajstić information content (AvgIpc) is 3.02. The molecule has 0 spiro atoms. The summed E-state index contributed by atoms with van der Waals surface area (Å²) in [5.41, 5.74) is 0.674. The van der Waals surface area contributed by atoms with Gasteiger partial charge in [-0.2, -0.15) is 0 Å². The Morgan fingerprint density at radius 2 is 2.26 bits per heavy atom. The number of aromatic nitrogens is 2. The molecule has 1 N–H and O–H groups in total. The first kappa shape index (κ1) is 11.9. The van der Waals surface area contributed by atoms with Crippen molar-refractivity contribution in [2.24, 2.45) is 0 Å². The number of nitrogens with zero attached hydrogens (tertiary/aromatic N) is 1. The van der Waals surface area contributed by atoms with Crippen molar-refractivity contribution in [3.8, 4) is 17.4 Å². The smallest absolute Gasteiger partial charge is 0.284 e. The molecule has 0 saturated carbocycles. The van der Waals surface area contributed by atoms with E-state index in [1.165, 1.54) is 0 Å². The number of aromatic amines is 1. The van der Waals surface area contributed by atoms with E-state index in [1.54, 1.807) is 13.2 Å². The number of nitrogens with one attached hydrogen (secondary N) is 1. The standard InChI is InChI=1S/C12H10N2O4S/c1-15-6-16-8-3-2-4-9-7(8)5-10(17-9)11-13-14-12(19)18-11/h2-5H,6H2,1H3,(H,14,19). The molecule has 0 saturated heterocycles. The number of hydrogen-bond acceptors (Lipinski definition) is 6. The van der Waals surface area contributed by atoms with Gasteiger partial charge >= 0.3 is 0 Å². The number of fused-ring (bicyclic) bond motifs is 1. The Bertz CT molecular complexity index is 758. The summed E-state index contributed by atoms with van der Waals surface area (Å²) < 4.78 is 21.2. The number of furan rings is 1. The van der Waals surface area contributed by atoms with Gasteiger partial charge in [-0.25, -0.2) is 5.10 Å². The molecule has 6 nitrogen and oxygen atoms in total. The number of rotatable bonds is 4. The van der Waals surface area contributed by atoms with Crippen molar-refractivity contribution in [2.45, 2.75) is 0 Å². The molecule has 19 heavy (non-hydrogen) atoms. The minimum atomic E-state index is 0.169. The summed E-state index contributed by atoms with van der Waals surface area (Å²) in [5.74, 6) is 1.46. The average molecular weight is 278 g/mol. The molecule has 3 aromatic rings. The van der Waals surface area contributed by atoms with Crippen LogP contribution in [0, 0.1) is 4.84 Å². The van der Waals surface area contributed by atoms with Gasteiger partial charge in [0.15, 0.2) is 12.6 Å². The summed E-state index contributed by atoms with van der Waals surface area (Å²) in [4.78, 5) is 0.200. The van der Waals surface area contributed by atoms with Crippen LogP contribution in [0.25, 0.3) is 22.6 Å². The SMILES string of the molecule is COCOc1cccc2oc(-c3n[nH]c(=S)o3)cc12. The zero-order valence-electron chi connectivity index (χ0n) is 10.0. The van der Waals surface area contributed by atoms with E-state index in [0.29, 0.717) is 23.0 Å². The number of hydrogen-bond donors (Lipinski definition) is 1. The Morgan fingerprint density at radius 3 is 3.00 bits per heavy atom. The lowest BCUT2D eigenvalue weighted by Gasteiger charge is -2.04. The van der Waals surface area contributed by atoms with Crippen molar-refractivity contribution < 1.29 is 18.3 Å². The van der Waals surface area contributed by atoms with E-state index < -0.39 is 0 Å². The number of ether oxygens (including phenoxy) is 2. The quantitative estimate of drug-likeness (QED) is 0.584. The van der Waals surface area contributed by atoms with Gasteiger partial charge in [-0.15, -0.1) is 5.10 Å². The van der Waals surface area contributed by atoms with Crippen molar-refractivity contribution in [2.75, 3.05) is 13.9 Å². The largest absolute Gasteiger partial charge is 0.467 e. The minimum Gasteiger partial charge on any atom is -0.467 e. The molecule has 98 valence electrons. The maximum absolute atomic E-state index is 5.64. The second-order valence-corrected chi connectivity index (χ2v) is 4.12. The van der Waals surface area contributed by atoms with Crippen LogP contribution in [-0.4, -0.2) is 24.1 Å². The van der Waals surface area contributed by atoms with E-state index in [-0.39, 0.29) is 11.6 Å². The second kappa shape index (κ2) is 4.87. The van der Waals surface area contributed by atoms with E-state index in [1.807, 2.05) is 18.2 Å². The Kier molecular flexibility index (Phi) is 3.06. The molecule has 0 unspecified atom stereocenters. The number of methoxy groups -OCH3 is 1. The highest BCUT2D eigenvalue weighted by Crippen LogP contribution is 2.32. The third-order valence-corrected chi connectivity index (χ3v) is 2.68. The number of benzene rings is 1. The fourth-order valence-corrected chi connectivity index (χ4v) is 1.85. The van der Waals surface area contributed by atoms with Gasteiger partial charge in [-0.3, -0.25) is 0 Å². The van der Waals surface area contributed by atoms with Crippen molar-refractivity contribution in [3.05, 3.63) is 29.1 Å². The van der Waals surface area contributed by atoms with E-state index in [9.17, 15) is 0 Å². The molecular formula is C12H10N2O4S. The van der Waals surface area contributed by atoms with Crippen LogP contribution in [0.4, 0.5) is 0 Å². The third kappa shape index (κ3) is 2.25. The molecule has 7 heteroatoms. The Labute approximate surface area is 112 Å². The summed E-state index contributed by atoms with van der Waals surface area (Å²) in [6.07, 6.45) is 0. The lowest BCUT2D eigenvalue weighted by Crippen LogP contribution is -1.98. The maximum atomic E-state index is 5.64. The Hall–Kier alpha value is -2.12. The fraction of sp³-hybridized carbons (Fsp3) is 0.167. The highest BCUT2D eigenvalue weighted by Gasteiger charge is 2.13.